The van der Waals surface area contributed by atoms with Gasteiger partial charge in [0.1, 0.15) is 16.9 Å². The number of anilines is 1. The highest BCUT2D eigenvalue weighted by atomic mass is 32.2. The number of nitrogens with two attached hydrogens (primary N) is 2. The zero-order valence-electron chi connectivity index (χ0n) is 16.3. The van der Waals surface area contributed by atoms with E-state index in [1.54, 1.807) is 23.2 Å². The minimum atomic E-state index is -4.17. The summed E-state index contributed by atoms with van der Waals surface area (Å²) < 4.78 is 42.6. The standard InChI is InChI=1S/C20H20FN7O2S/c21-15-6-2-4-8-17(15)31(29,30)27-11-13(9-12-5-1-3-7-16(12)27)28-18(22)14-10-24-26-19(14)25-20(28)23/h1-8,10,13,18H,9,11,22H2,(H3,23,24,25,26). The Morgan fingerprint density at radius 1 is 1.13 bits per heavy atom. The van der Waals surface area contributed by atoms with E-state index < -0.39 is 28.0 Å². The Morgan fingerprint density at radius 3 is 2.68 bits per heavy atom. The van der Waals surface area contributed by atoms with Gasteiger partial charge in [-0.25, -0.2) is 12.8 Å². The number of aromatic nitrogens is 2. The van der Waals surface area contributed by atoms with E-state index in [0.717, 1.165) is 11.6 Å². The lowest BCUT2D eigenvalue weighted by Crippen LogP contribution is -2.57. The maximum Gasteiger partial charge on any atom is 0.267 e. The maximum absolute atomic E-state index is 14.4. The van der Waals surface area contributed by atoms with E-state index in [2.05, 4.69) is 15.2 Å². The molecule has 31 heavy (non-hydrogen) atoms. The highest BCUT2D eigenvalue weighted by Crippen LogP contribution is 2.37. The number of benzene rings is 2. The van der Waals surface area contributed by atoms with Crippen LogP contribution in [0.1, 0.15) is 17.3 Å². The topological polar surface area (TPSA) is 134 Å². The second kappa shape index (κ2) is 7.06. The zero-order valence-corrected chi connectivity index (χ0v) is 17.1. The lowest BCUT2D eigenvalue weighted by molar-refractivity contribution is 0.233. The number of guanidine groups is 1. The van der Waals surface area contributed by atoms with Gasteiger partial charge in [0.05, 0.1) is 30.0 Å². The Labute approximate surface area is 178 Å². The first kappa shape index (κ1) is 19.5. The summed E-state index contributed by atoms with van der Waals surface area (Å²) in [6, 6.07) is 12.1. The Kier molecular flexibility index (Phi) is 4.45. The van der Waals surface area contributed by atoms with Crippen molar-refractivity contribution in [1.82, 2.24) is 15.1 Å². The van der Waals surface area contributed by atoms with Crippen molar-refractivity contribution in [2.24, 2.45) is 16.5 Å². The fraction of sp³-hybridized carbons (Fsp3) is 0.200. The second-order valence-electron chi connectivity index (χ2n) is 7.45. The fourth-order valence-electron chi connectivity index (χ4n) is 4.19. The lowest BCUT2D eigenvalue weighted by atomic mass is 9.97. The number of nitrogens with one attached hydrogen (secondary N) is 1. The lowest BCUT2D eigenvalue weighted by Gasteiger charge is -2.44. The van der Waals surface area contributed by atoms with Gasteiger partial charge in [0.15, 0.2) is 11.8 Å². The molecule has 9 nitrogen and oxygen atoms in total. The predicted octanol–water partition coefficient (Wildman–Crippen LogP) is 1.59. The molecule has 3 aromatic rings. The summed E-state index contributed by atoms with van der Waals surface area (Å²) in [5.74, 6) is -0.161. The number of hydrogen-bond donors (Lipinski definition) is 3. The molecule has 160 valence electrons. The quantitative estimate of drug-likeness (QED) is 0.565. The van der Waals surface area contributed by atoms with E-state index in [-0.39, 0.29) is 17.4 Å². The molecule has 2 aromatic carbocycles. The van der Waals surface area contributed by atoms with Crippen LogP contribution in [-0.2, 0) is 16.4 Å². The number of aromatic amines is 1. The second-order valence-corrected chi connectivity index (χ2v) is 9.28. The first-order chi connectivity index (χ1) is 14.9. The summed E-state index contributed by atoms with van der Waals surface area (Å²) in [5, 5.41) is 6.71. The van der Waals surface area contributed by atoms with E-state index >= 15 is 0 Å². The molecular formula is C20H20FN7O2S. The minimum Gasteiger partial charge on any atom is -0.369 e. The van der Waals surface area contributed by atoms with E-state index in [9.17, 15) is 12.8 Å². The number of halogens is 1. The van der Waals surface area contributed by atoms with Gasteiger partial charge in [0, 0.05) is 0 Å². The van der Waals surface area contributed by atoms with Crippen LogP contribution in [0.2, 0.25) is 0 Å². The van der Waals surface area contributed by atoms with Gasteiger partial charge < -0.3 is 16.4 Å². The third kappa shape index (κ3) is 3.04. The molecule has 1 aromatic heterocycles. The van der Waals surface area contributed by atoms with Crippen molar-refractivity contribution in [2.45, 2.75) is 23.5 Å². The van der Waals surface area contributed by atoms with Crippen molar-refractivity contribution in [3.05, 3.63) is 71.7 Å². The van der Waals surface area contributed by atoms with E-state index in [1.807, 2.05) is 12.1 Å². The molecule has 11 heteroatoms. The average molecular weight is 441 g/mol. The third-order valence-corrected chi connectivity index (χ3v) is 7.46. The van der Waals surface area contributed by atoms with Crippen molar-refractivity contribution in [1.29, 1.82) is 0 Å². The molecule has 2 atom stereocenters. The molecule has 0 radical (unpaired) electrons. The Bertz CT molecular complexity index is 1290. The van der Waals surface area contributed by atoms with Gasteiger partial charge in [0.25, 0.3) is 10.0 Å². The van der Waals surface area contributed by atoms with Gasteiger partial charge in [-0.3, -0.25) is 9.40 Å². The SMILES string of the molecule is NC1=Nc2[nH]ncc2C(N)N1C1Cc2ccccc2N(S(=O)(=O)c2ccccc2F)C1. The predicted molar refractivity (Wildman–Crippen MR) is 114 cm³/mol. The zero-order chi connectivity index (χ0) is 21.8. The Hall–Kier alpha value is -3.44. The summed E-state index contributed by atoms with van der Waals surface area (Å²) >= 11 is 0. The highest BCUT2D eigenvalue weighted by molar-refractivity contribution is 7.92. The summed E-state index contributed by atoms with van der Waals surface area (Å²) in [6.45, 7) is 0.0325. The summed E-state index contributed by atoms with van der Waals surface area (Å²) in [7, 11) is -4.17. The van der Waals surface area contributed by atoms with Crippen LogP contribution in [0.15, 0.2) is 64.6 Å². The van der Waals surface area contributed by atoms with Crippen molar-refractivity contribution in [3.63, 3.8) is 0 Å². The molecule has 0 aliphatic carbocycles. The number of aliphatic imine (C=N–C) groups is 1. The number of para-hydroxylation sites is 1. The van der Waals surface area contributed by atoms with Crippen LogP contribution >= 0.6 is 0 Å². The number of rotatable bonds is 3. The van der Waals surface area contributed by atoms with Gasteiger partial charge in [-0.05, 0) is 30.2 Å². The average Bonchev–Trinajstić information content (AvgIpc) is 3.22. The number of nitrogens with zero attached hydrogens (tertiary/aromatic N) is 4. The first-order valence-electron chi connectivity index (χ1n) is 9.64. The normalized spacial score (nSPS) is 20.8. The van der Waals surface area contributed by atoms with E-state index in [1.165, 1.54) is 22.5 Å². The Balaban J connectivity index is 1.59. The molecule has 0 fully saturated rings. The van der Waals surface area contributed by atoms with E-state index in [0.29, 0.717) is 23.5 Å². The maximum atomic E-state index is 14.4. The van der Waals surface area contributed by atoms with Gasteiger partial charge in [-0.15, -0.1) is 0 Å². The molecule has 0 spiro atoms. The largest absolute Gasteiger partial charge is 0.369 e. The molecule has 0 bridgehead atoms. The number of hydrogen-bond acceptors (Lipinski definition) is 7. The van der Waals surface area contributed by atoms with Crippen molar-refractivity contribution < 1.29 is 12.8 Å². The number of fused-ring (bicyclic) bond motifs is 2. The van der Waals surface area contributed by atoms with Crippen LogP contribution < -0.4 is 15.8 Å². The molecule has 0 saturated heterocycles. The molecule has 2 unspecified atom stereocenters. The van der Waals surface area contributed by atoms with Gasteiger partial charge in [-0.1, -0.05) is 30.3 Å². The summed E-state index contributed by atoms with van der Waals surface area (Å²) in [4.78, 5) is 5.63. The first-order valence-corrected chi connectivity index (χ1v) is 11.1. The molecule has 2 aliphatic rings. The molecule has 0 saturated carbocycles. The van der Waals surface area contributed by atoms with Crippen LogP contribution in [-0.4, -0.2) is 42.1 Å². The number of H-pyrrole nitrogens is 1. The van der Waals surface area contributed by atoms with E-state index in [4.69, 9.17) is 11.5 Å². The molecule has 2 aliphatic heterocycles. The van der Waals surface area contributed by atoms with Gasteiger partial charge >= 0.3 is 0 Å². The van der Waals surface area contributed by atoms with Crippen LogP contribution in [0, 0.1) is 5.82 Å². The molecule has 3 heterocycles. The minimum absolute atomic E-state index is 0.0325. The monoisotopic (exact) mass is 441 g/mol. The van der Waals surface area contributed by atoms with Crippen LogP contribution in [0.3, 0.4) is 0 Å². The smallest absolute Gasteiger partial charge is 0.267 e. The van der Waals surface area contributed by atoms with Crippen LogP contribution in [0.25, 0.3) is 0 Å². The van der Waals surface area contributed by atoms with Crippen molar-refractivity contribution in [3.8, 4) is 0 Å². The number of sulfonamides is 1. The molecule has 5 N–H and O–H groups in total. The van der Waals surface area contributed by atoms with Crippen LogP contribution in [0.5, 0.6) is 0 Å². The van der Waals surface area contributed by atoms with Gasteiger partial charge in [-0.2, -0.15) is 10.1 Å². The highest BCUT2D eigenvalue weighted by Gasteiger charge is 2.40. The molecule has 0 amide bonds. The Morgan fingerprint density at radius 2 is 1.87 bits per heavy atom. The third-order valence-electron chi connectivity index (χ3n) is 5.65. The molecule has 5 rings (SSSR count). The van der Waals surface area contributed by atoms with Gasteiger partial charge in [0.2, 0.25) is 0 Å². The molecular weight excluding hydrogens is 421 g/mol. The van der Waals surface area contributed by atoms with Crippen molar-refractivity contribution in [2.75, 3.05) is 10.8 Å². The summed E-state index contributed by atoms with van der Waals surface area (Å²) in [5.41, 5.74) is 14.6. The van der Waals surface area contributed by atoms with Crippen LogP contribution in [0.4, 0.5) is 15.9 Å². The fourth-order valence-corrected chi connectivity index (χ4v) is 5.80. The van der Waals surface area contributed by atoms with Crippen molar-refractivity contribution >= 4 is 27.5 Å². The summed E-state index contributed by atoms with van der Waals surface area (Å²) in [6.07, 6.45) is 1.42.